The number of hydrogen-bond acceptors (Lipinski definition) is 4. The Hall–Kier alpha value is -3.36. The molecule has 0 bridgehead atoms. The number of amides is 1. The van der Waals surface area contributed by atoms with Crippen LogP contribution in [0.15, 0.2) is 59.9 Å². The molecule has 1 amide bonds. The maximum atomic E-state index is 14.5. The van der Waals surface area contributed by atoms with E-state index in [1.165, 1.54) is 23.1 Å². The average molecular weight is 411 g/mol. The third kappa shape index (κ3) is 3.51. The second kappa shape index (κ2) is 7.81. The zero-order valence-electron chi connectivity index (χ0n) is 16.6. The molecule has 30 heavy (non-hydrogen) atoms. The minimum Gasteiger partial charge on any atom is -0.391 e. The number of amidine groups is 1. The molecule has 0 aliphatic carbocycles. The van der Waals surface area contributed by atoms with Gasteiger partial charge in [0.2, 0.25) is 5.84 Å². The number of aliphatic hydroxyl groups excluding tert-OH is 1. The van der Waals surface area contributed by atoms with Crippen LogP contribution in [0.3, 0.4) is 0 Å². The molecule has 8 heteroatoms. The third-order valence-corrected chi connectivity index (χ3v) is 5.10. The molecule has 2 heterocycles. The highest BCUT2D eigenvalue weighted by atomic mass is 19.1. The molecule has 0 fully saturated rings. The molecule has 2 N–H and O–H groups in total. The van der Waals surface area contributed by atoms with Crippen molar-refractivity contribution in [2.45, 2.75) is 6.61 Å². The Labute approximate surface area is 172 Å². The summed E-state index contributed by atoms with van der Waals surface area (Å²) in [5.41, 5.74) is 1.98. The van der Waals surface area contributed by atoms with Crippen LogP contribution in [-0.2, 0) is 6.61 Å². The molecule has 4 rings (SSSR count). The average Bonchev–Trinajstić information content (AvgIpc) is 3.16. The Bertz CT molecular complexity index is 1110. The van der Waals surface area contributed by atoms with Crippen molar-refractivity contribution < 1.29 is 23.6 Å². The highest BCUT2D eigenvalue weighted by molar-refractivity contribution is 5.96. The topological polar surface area (TPSA) is 60.6 Å². The van der Waals surface area contributed by atoms with Crippen molar-refractivity contribution in [1.29, 1.82) is 0 Å². The fourth-order valence-electron chi connectivity index (χ4n) is 3.52. The number of aliphatic imine (C=N–C) groups is 1. The monoisotopic (exact) mass is 411 g/mol. The first-order chi connectivity index (χ1) is 14.4. The van der Waals surface area contributed by atoms with Gasteiger partial charge in [-0.15, -0.1) is 0 Å². The normalized spacial score (nSPS) is 17.5. The fourth-order valence-corrected chi connectivity index (χ4v) is 3.52. The number of carbonyl (C=O) groups is 1. The molecule has 0 saturated heterocycles. The molecular weight excluding hydrogens is 390 g/mol. The van der Waals surface area contributed by atoms with Gasteiger partial charge in [0, 0.05) is 37.5 Å². The van der Waals surface area contributed by atoms with Crippen LogP contribution < -0.4 is 9.80 Å². The van der Waals surface area contributed by atoms with Gasteiger partial charge in [-0.25, -0.2) is 13.7 Å². The molecule has 2 aromatic rings. The van der Waals surface area contributed by atoms with E-state index in [4.69, 9.17) is 0 Å². The van der Waals surface area contributed by atoms with E-state index in [1.807, 2.05) is 11.1 Å². The molecule has 154 valence electrons. The minimum absolute atomic E-state index is 0.00813. The summed E-state index contributed by atoms with van der Waals surface area (Å²) < 4.78 is 28.5. The SMILES string of the molecule is CN(C)C(=O)c1ccc(C2=C[NH+]3CN(c4cccc(F)c4CO)C=CC3=N2)cc1F. The van der Waals surface area contributed by atoms with Crippen molar-refractivity contribution in [3.63, 3.8) is 0 Å². The van der Waals surface area contributed by atoms with Gasteiger partial charge in [0.25, 0.3) is 5.91 Å². The molecule has 1 unspecified atom stereocenters. The molecule has 2 aliphatic rings. The van der Waals surface area contributed by atoms with Crippen molar-refractivity contribution in [2.75, 3.05) is 25.7 Å². The smallest absolute Gasteiger partial charge is 0.256 e. The van der Waals surface area contributed by atoms with Crippen LogP contribution in [0.25, 0.3) is 5.70 Å². The van der Waals surface area contributed by atoms with E-state index in [9.17, 15) is 18.7 Å². The van der Waals surface area contributed by atoms with E-state index in [0.717, 1.165) is 10.7 Å². The summed E-state index contributed by atoms with van der Waals surface area (Å²) in [7, 11) is 3.14. The second-order valence-corrected chi connectivity index (χ2v) is 7.29. The van der Waals surface area contributed by atoms with Gasteiger partial charge in [0.15, 0.2) is 6.67 Å². The van der Waals surface area contributed by atoms with Gasteiger partial charge >= 0.3 is 0 Å². The van der Waals surface area contributed by atoms with Gasteiger partial charge < -0.3 is 10.0 Å². The molecule has 6 nitrogen and oxygen atoms in total. The Morgan fingerprint density at radius 1 is 1.23 bits per heavy atom. The number of rotatable bonds is 4. The van der Waals surface area contributed by atoms with Crippen LogP contribution in [0.5, 0.6) is 0 Å². The van der Waals surface area contributed by atoms with Gasteiger partial charge in [-0.2, -0.15) is 4.99 Å². The maximum Gasteiger partial charge on any atom is 0.256 e. The number of benzene rings is 2. The second-order valence-electron chi connectivity index (χ2n) is 7.29. The molecule has 2 aromatic carbocycles. The van der Waals surface area contributed by atoms with E-state index in [-0.39, 0.29) is 11.1 Å². The van der Waals surface area contributed by atoms with E-state index in [2.05, 4.69) is 4.99 Å². The largest absolute Gasteiger partial charge is 0.391 e. The summed E-state index contributed by atoms with van der Waals surface area (Å²) in [4.78, 5) is 20.6. The maximum absolute atomic E-state index is 14.5. The lowest BCUT2D eigenvalue weighted by Gasteiger charge is -2.27. The molecular formula is C22H21F2N4O2+. The molecule has 0 saturated carbocycles. The van der Waals surface area contributed by atoms with Gasteiger partial charge in [0.1, 0.15) is 23.5 Å². The predicted octanol–water partition coefficient (Wildman–Crippen LogP) is 1.75. The first-order valence-corrected chi connectivity index (χ1v) is 9.40. The van der Waals surface area contributed by atoms with Crippen molar-refractivity contribution in [3.05, 3.63) is 83.2 Å². The zero-order chi connectivity index (χ0) is 21.4. The molecule has 2 aliphatic heterocycles. The first kappa shape index (κ1) is 19.9. The number of anilines is 1. The number of halogens is 2. The Morgan fingerprint density at radius 3 is 2.73 bits per heavy atom. The third-order valence-electron chi connectivity index (χ3n) is 5.10. The van der Waals surface area contributed by atoms with Crippen LogP contribution >= 0.6 is 0 Å². The first-order valence-electron chi connectivity index (χ1n) is 9.40. The van der Waals surface area contributed by atoms with Crippen LogP contribution in [0, 0.1) is 11.6 Å². The van der Waals surface area contributed by atoms with Crippen molar-refractivity contribution >= 4 is 23.1 Å². The zero-order valence-corrected chi connectivity index (χ0v) is 16.6. The predicted molar refractivity (Wildman–Crippen MR) is 110 cm³/mol. The highest BCUT2D eigenvalue weighted by Gasteiger charge is 2.29. The number of quaternary nitrogens is 1. The quantitative estimate of drug-likeness (QED) is 0.806. The molecule has 0 radical (unpaired) electrons. The van der Waals surface area contributed by atoms with Crippen molar-refractivity contribution in [1.82, 2.24) is 4.90 Å². The summed E-state index contributed by atoms with van der Waals surface area (Å²) in [6.45, 7) is 0.0377. The van der Waals surface area contributed by atoms with Crippen LogP contribution in [0.1, 0.15) is 21.5 Å². The number of nitrogens with zero attached hydrogens (tertiary/aromatic N) is 3. The van der Waals surface area contributed by atoms with Gasteiger partial charge in [-0.05, 0) is 24.3 Å². The Kier molecular flexibility index (Phi) is 5.19. The van der Waals surface area contributed by atoms with Crippen molar-refractivity contribution in [3.8, 4) is 0 Å². The summed E-state index contributed by atoms with van der Waals surface area (Å²) >= 11 is 0. The van der Waals surface area contributed by atoms with Gasteiger partial charge in [0.05, 0.1) is 17.9 Å². The van der Waals surface area contributed by atoms with Gasteiger partial charge in [-0.3, -0.25) is 9.69 Å². The lowest BCUT2D eigenvalue weighted by Crippen LogP contribution is -3.11. The van der Waals surface area contributed by atoms with Crippen LogP contribution in [0.4, 0.5) is 14.5 Å². The lowest BCUT2D eigenvalue weighted by molar-refractivity contribution is -0.742. The Balaban J connectivity index is 1.59. The van der Waals surface area contributed by atoms with E-state index in [0.29, 0.717) is 23.6 Å². The number of nitrogens with one attached hydrogen (secondary N) is 1. The van der Waals surface area contributed by atoms with E-state index >= 15 is 0 Å². The number of aliphatic hydroxyl groups is 1. The summed E-state index contributed by atoms with van der Waals surface area (Å²) in [6, 6.07) is 9.10. The number of hydrogen-bond donors (Lipinski definition) is 2. The van der Waals surface area contributed by atoms with Gasteiger partial charge in [-0.1, -0.05) is 12.1 Å². The number of fused-ring (bicyclic) bond motifs is 1. The molecule has 0 spiro atoms. The highest BCUT2D eigenvalue weighted by Crippen LogP contribution is 2.25. The van der Waals surface area contributed by atoms with Crippen molar-refractivity contribution in [2.24, 2.45) is 4.99 Å². The minimum atomic E-state index is -0.600. The number of carbonyl (C=O) groups excluding carboxylic acids is 1. The summed E-state index contributed by atoms with van der Waals surface area (Å²) in [5.74, 6) is -0.714. The van der Waals surface area contributed by atoms with Crippen LogP contribution in [0.2, 0.25) is 0 Å². The lowest BCUT2D eigenvalue weighted by atomic mass is 10.1. The standard InChI is InChI=1S/C22H20F2N4O2/c1-26(2)22(30)15-7-6-14(10-18(15)24)19-11-28-13-27(9-8-21(28)25-19)20-5-3-4-17(23)16(20)12-29/h3-11,29H,12-13H2,1-2H3/p+1. The fraction of sp³-hybridized carbons (Fsp3) is 0.182. The summed E-state index contributed by atoms with van der Waals surface area (Å²) in [6.07, 6.45) is 5.44. The van der Waals surface area contributed by atoms with Crippen LogP contribution in [-0.4, -0.2) is 42.5 Å². The van der Waals surface area contributed by atoms with E-state index in [1.54, 1.807) is 44.6 Å². The molecule has 1 atom stereocenters. The van der Waals surface area contributed by atoms with E-state index < -0.39 is 24.1 Å². The summed E-state index contributed by atoms with van der Waals surface area (Å²) in [5, 5.41) is 9.53. The Morgan fingerprint density at radius 2 is 2.03 bits per heavy atom. The molecule has 0 aromatic heterocycles.